The molecule has 1 N–H and O–H groups in total. The van der Waals surface area contributed by atoms with E-state index in [1.807, 2.05) is 0 Å². The van der Waals surface area contributed by atoms with Crippen molar-refractivity contribution in [2.75, 3.05) is 0 Å². The van der Waals surface area contributed by atoms with Gasteiger partial charge >= 0.3 is 0 Å². The molecule has 124 valence electrons. The van der Waals surface area contributed by atoms with Crippen LogP contribution >= 0.6 is 11.3 Å². The van der Waals surface area contributed by atoms with Gasteiger partial charge in [0.2, 0.25) is 5.91 Å². The average Bonchev–Trinajstić information content (AvgIpc) is 3.37. The maximum atomic E-state index is 12.9. The number of fused-ring (bicyclic) bond motifs is 2. The maximum Gasteiger partial charge on any atom is 0.224 e. The van der Waals surface area contributed by atoms with Crippen molar-refractivity contribution in [3.8, 4) is 0 Å². The Kier molecular flexibility index (Phi) is 4.28. The van der Waals surface area contributed by atoms with Crippen molar-refractivity contribution >= 4 is 17.2 Å². The highest BCUT2D eigenvalue weighted by Gasteiger charge is 2.40. The molecule has 3 heteroatoms. The molecule has 1 saturated carbocycles. The SMILES string of the molecule is CCc1ccc([C@H](NC(=O)[C@H]2C[C@H]3C=C[C@H]2C3)c2cccs2)cc1. The van der Waals surface area contributed by atoms with Gasteiger partial charge < -0.3 is 5.32 Å². The minimum absolute atomic E-state index is 0.0356. The lowest BCUT2D eigenvalue weighted by atomic mass is 9.92. The van der Waals surface area contributed by atoms with E-state index < -0.39 is 0 Å². The van der Waals surface area contributed by atoms with Crippen molar-refractivity contribution in [3.05, 3.63) is 69.9 Å². The highest BCUT2D eigenvalue weighted by molar-refractivity contribution is 7.10. The standard InChI is InChI=1S/C21H23NOS/c1-2-14-5-8-16(9-6-14)20(19-4-3-11-24-19)22-21(23)18-13-15-7-10-17(18)12-15/h3-11,15,17-18,20H,2,12-13H2,1H3,(H,22,23)/t15-,17-,18-,20-/m0/s1. The van der Waals surface area contributed by atoms with Crippen LogP contribution in [0.3, 0.4) is 0 Å². The highest BCUT2D eigenvalue weighted by atomic mass is 32.1. The molecule has 1 aromatic carbocycles. The summed E-state index contributed by atoms with van der Waals surface area (Å²) in [4.78, 5) is 14.1. The summed E-state index contributed by atoms with van der Waals surface area (Å²) in [6.45, 7) is 2.16. The molecule has 1 heterocycles. The Hall–Kier alpha value is -1.87. The Balaban J connectivity index is 1.56. The van der Waals surface area contributed by atoms with E-state index in [-0.39, 0.29) is 17.9 Å². The van der Waals surface area contributed by atoms with E-state index in [0.29, 0.717) is 11.8 Å². The van der Waals surface area contributed by atoms with Crippen molar-refractivity contribution in [2.24, 2.45) is 17.8 Å². The lowest BCUT2D eigenvalue weighted by Gasteiger charge is -2.23. The molecule has 4 rings (SSSR count). The van der Waals surface area contributed by atoms with Crippen LogP contribution in [-0.4, -0.2) is 5.91 Å². The first-order chi connectivity index (χ1) is 11.7. The molecular weight excluding hydrogens is 314 g/mol. The first-order valence-electron chi connectivity index (χ1n) is 8.85. The zero-order chi connectivity index (χ0) is 16.5. The van der Waals surface area contributed by atoms with Gasteiger partial charge in [0.1, 0.15) is 0 Å². The van der Waals surface area contributed by atoms with Gasteiger partial charge in [0, 0.05) is 10.8 Å². The van der Waals surface area contributed by atoms with Crippen LogP contribution in [-0.2, 0) is 11.2 Å². The highest BCUT2D eigenvalue weighted by Crippen LogP contribution is 2.43. The van der Waals surface area contributed by atoms with Crippen LogP contribution in [0, 0.1) is 17.8 Å². The van der Waals surface area contributed by atoms with Gasteiger partial charge in [0.15, 0.2) is 0 Å². The fourth-order valence-corrected chi connectivity index (χ4v) is 4.85. The summed E-state index contributed by atoms with van der Waals surface area (Å²) >= 11 is 1.71. The Labute approximate surface area is 147 Å². The second-order valence-corrected chi connectivity index (χ2v) is 7.92. The summed E-state index contributed by atoms with van der Waals surface area (Å²) in [5.41, 5.74) is 2.50. The van der Waals surface area contributed by atoms with E-state index in [9.17, 15) is 4.79 Å². The molecule has 24 heavy (non-hydrogen) atoms. The topological polar surface area (TPSA) is 29.1 Å². The Morgan fingerprint density at radius 1 is 1.21 bits per heavy atom. The first-order valence-corrected chi connectivity index (χ1v) is 9.73. The second kappa shape index (κ2) is 6.56. The van der Waals surface area contributed by atoms with Crippen LogP contribution in [0.1, 0.15) is 41.8 Å². The van der Waals surface area contributed by atoms with Crippen LogP contribution in [0.4, 0.5) is 0 Å². The fourth-order valence-electron chi connectivity index (χ4n) is 4.05. The number of aryl methyl sites for hydroxylation is 1. The number of rotatable bonds is 5. The Morgan fingerprint density at radius 3 is 2.62 bits per heavy atom. The lowest BCUT2D eigenvalue weighted by Crippen LogP contribution is -2.35. The summed E-state index contributed by atoms with van der Waals surface area (Å²) in [6, 6.07) is 12.8. The average molecular weight is 337 g/mol. The quantitative estimate of drug-likeness (QED) is 0.785. The van der Waals surface area contributed by atoms with Crippen LogP contribution in [0.5, 0.6) is 0 Å². The molecule has 2 aliphatic rings. The van der Waals surface area contributed by atoms with E-state index in [2.05, 4.69) is 66.2 Å². The molecule has 2 bridgehead atoms. The van der Waals surface area contributed by atoms with E-state index in [1.165, 1.54) is 16.0 Å². The predicted octanol–water partition coefficient (Wildman–Crippen LogP) is 4.73. The summed E-state index contributed by atoms with van der Waals surface area (Å²) in [6.07, 6.45) is 7.74. The number of thiophene rings is 1. The smallest absolute Gasteiger partial charge is 0.224 e. The van der Waals surface area contributed by atoms with E-state index in [1.54, 1.807) is 11.3 Å². The van der Waals surface area contributed by atoms with Crippen LogP contribution in [0.25, 0.3) is 0 Å². The number of benzene rings is 1. The summed E-state index contributed by atoms with van der Waals surface area (Å²) in [7, 11) is 0. The monoisotopic (exact) mass is 337 g/mol. The largest absolute Gasteiger partial charge is 0.344 e. The summed E-state index contributed by atoms with van der Waals surface area (Å²) < 4.78 is 0. The molecule has 1 fully saturated rings. The summed E-state index contributed by atoms with van der Waals surface area (Å²) in [5, 5.41) is 5.42. The molecule has 1 aromatic heterocycles. The molecule has 0 unspecified atom stereocenters. The van der Waals surface area contributed by atoms with Gasteiger partial charge in [-0.25, -0.2) is 0 Å². The van der Waals surface area contributed by atoms with Gasteiger partial charge in [-0.15, -0.1) is 11.3 Å². The molecule has 0 radical (unpaired) electrons. The molecule has 2 nitrogen and oxygen atoms in total. The number of carbonyl (C=O) groups excluding carboxylic acids is 1. The number of allylic oxidation sites excluding steroid dienone is 2. The zero-order valence-corrected chi connectivity index (χ0v) is 14.8. The minimum Gasteiger partial charge on any atom is -0.344 e. The first kappa shape index (κ1) is 15.6. The van der Waals surface area contributed by atoms with Crippen LogP contribution in [0.2, 0.25) is 0 Å². The molecule has 2 aromatic rings. The van der Waals surface area contributed by atoms with E-state index in [4.69, 9.17) is 0 Å². The van der Waals surface area contributed by atoms with E-state index >= 15 is 0 Å². The molecule has 2 aliphatic carbocycles. The van der Waals surface area contributed by atoms with Gasteiger partial charge in [-0.1, -0.05) is 49.4 Å². The van der Waals surface area contributed by atoms with E-state index in [0.717, 1.165) is 19.3 Å². The normalized spacial score (nSPS) is 25.8. The Bertz CT molecular complexity index is 732. The van der Waals surface area contributed by atoms with Gasteiger partial charge in [0.05, 0.1) is 6.04 Å². The fraction of sp³-hybridized carbons (Fsp3) is 0.381. The lowest BCUT2D eigenvalue weighted by molar-refractivity contribution is -0.126. The molecule has 0 spiro atoms. The molecule has 0 aliphatic heterocycles. The molecule has 0 saturated heterocycles. The van der Waals surface area contributed by atoms with Gasteiger partial charge in [0.25, 0.3) is 0 Å². The van der Waals surface area contributed by atoms with Crippen LogP contribution < -0.4 is 5.32 Å². The molecule has 1 amide bonds. The molecule has 4 atom stereocenters. The van der Waals surface area contributed by atoms with Gasteiger partial charge in [-0.3, -0.25) is 4.79 Å². The summed E-state index contributed by atoms with van der Waals surface area (Å²) in [5.74, 6) is 1.43. The zero-order valence-electron chi connectivity index (χ0n) is 13.9. The third-order valence-electron chi connectivity index (χ3n) is 5.45. The number of nitrogens with one attached hydrogen (secondary N) is 1. The third-order valence-corrected chi connectivity index (χ3v) is 6.39. The number of hydrogen-bond acceptors (Lipinski definition) is 2. The molecular formula is C21H23NOS. The minimum atomic E-state index is -0.0356. The predicted molar refractivity (Wildman–Crippen MR) is 99.0 cm³/mol. The number of amides is 1. The van der Waals surface area contributed by atoms with Gasteiger partial charge in [-0.2, -0.15) is 0 Å². The van der Waals surface area contributed by atoms with Crippen LogP contribution in [0.15, 0.2) is 53.9 Å². The van der Waals surface area contributed by atoms with Gasteiger partial charge in [-0.05, 0) is 53.7 Å². The third kappa shape index (κ3) is 2.93. The maximum absolute atomic E-state index is 12.9. The van der Waals surface area contributed by atoms with Crippen molar-refractivity contribution in [1.82, 2.24) is 5.32 Å². The number of carbonyl (C=O) groups is 1. The Morgan fingerprint density at radius 2 is 2.04 bits per heavy atom. The second-order valence-electron chi connectivity index (χ2n) is 6.94. The van der Waals surface area contributed by atoms with Crippen molar-refractivity contribution in [3.63, 3.8) is 0 Å². The number of hydrogen-bond donors (Lipinski definition) is 1. The van der Waals surface area contributed by atoms with Crippen molar-refractivity contribution in [2.45, 2.75) is 32.2 Å². The van der Waals surface area contributed by atoms with Crippen molar-refractivity contribution < 1.29 is 4.79 Å². The van der Waals surface area contributed by atoms with Crippen molar-refractivity contribution in [1.29, 1.82) is 0 Å².